The van der Waals surface area contributed by atoms with Crippen LogP contribution >= 0.6 is 0 Å². The average molecular weight is 185 g/mol. The molecule has 0 saturated heterocycles. The summed E-state index contributed by atoms with van der Waals surface area (Å²) in [5.74, 6) is 0. The molecule has 0 aromatic carbocycles. The maximum atomic E-state index is 8.94. The van der Waals surface area contributed by atoms with Crippen molar-refractivity contribution in [1.82, 2.24) is 5.32 Å². The fourth-order valence-electron chi connectivity index (χ4n) is 1.37. The first-order valence-electron chi connectivity index (χ1n) is 5.01. The van der Waals surface area contributed by atoms with Gasteiger partial charge in [-0.2, -0.15) is 0 Å². The number of nitrogens with one attached hydrogen (secondary N) is 1. The van der Waals surface area contributed by atoms with Gasteiger partial charge in [-0.15, -0.1) is 0 Å². The average Bonchev–Trinajstić information content (AvgIpc) is 2.21. The van der Waals surface area contributed by atoms with E-state index in [2.05, 4.69) is 12.2 Å². The van der Waals surface area contributed by atoms with Crippen molar-refractivity contribution >= 4 is 0 Å². The molecule has 1 heterocycles. The fraction of sp³-hybridized carbons (Fsp3) is 0.800. The van der Waals surface area contributed by atoms with E-state index in [1.165, 1.54) is 0 Å². The molecule has 0 fully saturated rings. The summed E-state index contributed by atoms with van der Waals surface area (Å²) in [6.07, 6.45) is 7.23. The highest BCUT2D eigenvalue weighted by Crippen LogP contribution is 2.09. The van der Waals surface area contributed by atoms with Crippen LogP contribution in [-0.4, -0.2) is 30.4 Å². The van der Waals surface area contributed by atoms with Gasteiger partial charge < -0.3 is 15.2 Å². The molecule has 1 aliphatic rings. The van der Waals surface area contributed by atoms with E-state index in [4.69, 9.17) is 9.84 Å². The van der Waals surface area contributed by atoms with Crippen LogP contribution in [0.15, 0.2) is 12.3 Å². The van der Waals surface area contributed by atoms with E-state index in [-0.39, 0.29) is 18.8 Å². The maximum Gasteiger partial charge on any atom is 0.110 e. The third-order valence-electron chi connectivity index (χ3n) is 2.37. The van der Waals surface area contributed by atoms with Gasteiger partial charge in [0.2, 0.25) is 0 Å². The molecule has 0 saturated carbocycles. The number of hydrogen-bond acceptors (Lipinski definition) is 3. The molecule has 13 heavy (non-hydrogen) atoms. The molecule has 0 spiro atoms. The molecule has 0 aromatic rings. The first-order valence-corrected chi connectivity index (χ1v) is 5.01. The molecule has 0 radical (unpaired) electrons. The van der Waals surface area contributed by atoms with Gasteiger partial charge in [0.15, 0.2) is 0 Å². The predicted molar refractivity (Wildman–Crippen MR) is 52.4 cm³/mol. The number of aliphatic hydroxyl groups excluding tert-OH is 1. The van der Waals surface area contributed by atoms with Gasteiger partial charge in [-0.05, 0) is 25.3 Å². The lowest BCUT2D eigenvalue weighted by Gasteiger charge is -2.22. The monoisotopic (exact) mass is 185 g/mol. The molecule has 0 aliphatic carbocycles. The van der Waals surface area contributed by atoms with Crippen molar-refractivity contribution < 1.29 is 9.84 Å². The molecular formula is C10H19NO2. The molecule has 2 atom stereocenters. The SMILES string of the molecule is CC[C@@H](CO)NCC1CCC=CO1. The highest BCUT2D eigenvalue weighted by atomic mass is 16.5. The van der Waals surface area contributed by atoms with E-state index in [1.807, 2.05) is 6.08 Å². The van der Waals surface area contributed by atoms with Gasteiger partial charge >= 0.3 is 0 Å². The highest BCUT2D eigenvalue weighted by molar-refractivity contribution is 4.83. The maximum absolute atomic E-state index is 8.94. The topological polar surface area (TPSA) is 41.5 Å². The quantitative estimate of drug-likeness (QED) is 0.672. The van der Waals surface area contributed by atoms with Crippen LogP contribution in [-0.2, 0) is 4.74 Å². The summed E-state index contributed by atoms with van der Waals surface area (Å²) < 4.78 is 5.39. The molecule has 2 N–H and O–H groups in total. The second kappa shape index (κ2) is 6.00. The summed E-state index contributed by atoms with van der Waals surface area (Å²) >= 11 is 0. The Morgan fingerprint density at radius 3 is 3.08 bits per heavy atom. The molecule has 3 nitrogen and oxygen atoms in total. The first kappa shape index (κ1) is 10.5. The zero-order valence-electron chi connectivity index (χ0n) is 8.20. The Labute approximate surface area is 79.8 Å². The van der Waals surface area contributed by atoms with Gasteiger partial charge in [-0.1, -0.05) is 6.92 Å². The Morgan fingerprint density at radius 2 is 2.54 bits per heavy atom. The van der Waals surface area contributed by atoms with E-state index in [9.17, 15) is 0 Å². The normalized spacial score (nSPS) is 24.0. The molecule has 1 rings (SSSR count). The van der Waals surface area contributed by atoms with Gasteiger partial charge in [0.1, 0.15) is 6.10 Å². The Hall–Kier alpha value is -0.540. The molecule has 76 valence electrons. The number of hydrogen-bond donors (Lipinski definition) is 2. The Morgan fingerprint density at radius 1 is 1.69 bits per heavy atom. The number of rotatable bonds is 5. The van der Waals surface area contributed by atoms with E-state index in [0.717, 1.165) is 25.8 Å². The lowest BCUT2D eigenvalue weighted by molar-refractivity contribution is 0.114. The highest BCUT2D eigenvalue weighted by Gasteiger charge is 2.12. The summed E-state index contributed by atoms with van der Waals surface area (Å²) in [7, 11) is 0. The predicted octanol–water partition coefficient (Wildman–Crippen LogP) is 1.04. The van der Waals surface area contributed by atoms with Crippen LogP contribution in [0, 0.1) is 0 Å². The van der Waals surface area contributed by atoms with Crippen LogP contribution in [0.1, 0.15) is 26.2 Å². The number of allylic oxidation sites excluding steroid dienone is 1. The van der Waals surface area contributed by atoms with Crippen molar-refractivity contribution in [2.24, 2.45) is 0 Å². The molecule has 1 aliphatic heterocycles. The van der Waals surface area contributed by atoms with Crippen molar-refractivity contribution in [3.63, 3.8) is 0 Å². The Bertz CT molecular complexity index is 155. The lowest BCUT2D eigenvalue weighted by atomic mass is 10.1. The van der Waals surface area contributed by atoms with Crippen LogP contribution in [0.2, 0.25) is 0 Å². The summed E-state index contributed by atoms with van der Waals surface area (Å²) in [6, 6.07) is 0.217. The summed E-state index contributed by atoms with van der Waals surface area (Å²) in [5, 5.41) is 12.2. The molecule has 0 aromatic heterocycles. The van der Waals surface area contributed by atoms with Crippen LogP contribution in [0.3, 0.4) is 0 Å². The Balaban J connectivity index is 2.13. The van der Waals surface area contributed by atoms with E-state index in [1.54, 1.807) is 6.26 Å². The summed E-state index contributed by atoms with van der Waals surface area (Å²) in [6.45, 7) is 3.11. The van der Waals surface area contributed by atoms with Crippen molar-refractivity contribution in [3.05, 3.63) is 12.3 Å². The molecule has 0 bridgehead atoms. The summed E-state index contributed by atoms with van der Waals surface area (Å²) in [5.41, 5.74) is 0. The van der Waals surface area contributed by atoms with Crippen LogP contribution < -0.4 is 5.32 Å². The van der Waals surface area contributed by atoms with Gasteiger partial charge in [-0.25, -0.2) is 0 Å². The van der Waals surface area contributed by atoms with Gasteiger partial charge in [0.25, 0.3) is 0 Å². The number of aliphatic hydroxyl groups is 1. The first-order chi connectivity index (χ1) is 6.36. The minimum absolute atomic E-state index is 0.207. The minimum Gasteiger partial charge on any atom is -0.497 e. The Kier molecular flexibility index (Phi) is 4.86. The smallest absolute Gasteiger partial charge is 0.110 e. The van der Waals surface area contributed by atoms with Crippen LogP contribution in [0.5, 0.6) is 0 Å². The van der Waals surface area contributed by atoms with Crippen LogP contribution in [0.4, 0.5) is 0 Å². The molecule has 0 amide bonds. The molecule has 3 heteroatoms. The third-order valence-corrected chi connectivity index (χ3v) is 2.37. The third kappa shape index (κ3) is 3.79. The zero-order valence-corrected chi connectivity index (χ0v) is 8.20. The van der Waals surface area contributed by atoms with E-state index < -0.39 is 0 Å². The minimum atomic E-state index is 0.207. The van der Waals surface area contributed by atoms with E-state index >= 15 is 0 Å². The molecular weight excluding hydrogens is 166 g/mol. The van der Waals surface area contributed by atoms with Crippen LogP contribution in [0.25, 0.3) is 0 Å². The van der Waals surface area contributed by atoms with E-state index in [0.29, 0.717) is 0 Å². The number of ether oxygens (including phenoxy) is 1. The van der Waals surface area contributed by atoms with Crippen molar-refractivity contribution in [2.75, 3.05) is 13.2 Å². The summed E-state index contributed by atoms with van der Waals surface area (Å²) in [4.78, 5) is 0. The van der Waals surface area contributed by atoms with Crippen molar-refractivity contribution in [1.29, 1.82) is 0 Å². The van der Waals surface area contributed by atoms with Gasteiger partial charge in [0.05, 0.1) is 12.9 Å². The lowest BCUT2D eigenvalue weighted by Crippen LogP contribution is -2.38. The fourth-order valence-corrected chi connectivity index (χ4v) is 1.37. The standard InChI is InChI=1S/C10H19NO2/c1-2-9(8-12)11-7-10-5-3-4-6-13-10/h4,6,9-12H,2-3,5,7-8H2,1H3/t9-,10?/m0/s1. The molecule has 1 unspecified atom stereocenters. The second-order valence-corrected chi connectivity index (χ2v) is 3.40. The van der Waals surface area contributed by atoms with Crippen molar-refractivity contribution in [3.8, 4) is 0 Å². The van der Waals surface area contributed by atoms with Gasteiger partial charge in [0, 0.05) is 12.6 Å². The van der Waals surface area contributed by atoms with Crippen molar-refractivity contribution in [2.45, 2.75) is 38.3 Å². The zero-order chi connectivity index (χ0) is 9.52. The largest absolute Gasteiger partial charge is 0.497 e. The van der Waals surface area contributed by atoms with Gasteiger partial charge in [-0.3, -0.25) is 0 Å². The second-order valence-electron chi connectivity index (χ2n) is 3.40.